The number of hydrogen-bond donors (Lipinski definition) is 1. The van der Waals surface area contributed by atoms with Crippen LogP contribution in [0.4, 0.5) is 5.69 Å². The van der Waals surface area contributed by atoms with E-state index < -0.39 is 5.60 Å². The van der Waals surface area contributed by atoms with Crippen LogP contribution in [0.5, 0.6) is 0 Å². The first kappa shape index (κ1) is 27.9. The van der Waals surface area contributed by atoms with Crippen LogP contribution in [0.25, 0.3) is 5.65 Å². The minimum atomic E-state index is -0.856. The Balaban J connectivity index is 1.09. The number of aromatic nitrogens is 3. The molecule has 2 fully saturated rings. The van der Waals surface area contributed by atoms with Crippen LogP contribution in [0.3, 0.4) is 0 Å². The Bertz CT molecular complexity index is 1490. The number of Topliss-reactive ketones (excluding diaryl/α,β-unsaturated/α-hetero) is 1. The maximum atomic E-state index is 12.8. The van der Waals surface area contributed by atoms with Gasteiger partial charge < -0.3 is 14.9 Å². The van der Waals surface area contributed by atoms with Crippen LogP contribution in [0.2, 0.25) is 5.02 Å². The van der Waals surface area contributed by atoms with Gasteiger partial charge in [-0.1, -0.05) is 48.0 Å². The van der Waals surface area contributed by atoms with Crippen LogP contribution >= 0.6 is 11.6 Å². The third-order valence-electron chi connectivity index (χ3n) is 8.84. The summed E-state index contributed by atoms with van der Waals surface area (Å²) in [7, 11) is 2.17. The maximum Gasteiger partial charge on any atom is 0.178 e. The Morgan fingerprint density at radius 1 is 1.05 bits per heavy atom. The smallest absolute Gasteiger partial charge is 0.178 e. The summed E-state index contributed by atoms with van der Waals surface area (Å²) in [6, 6.07) is 19.5. The zero-order chi connectivity index (χ0) is 28.4. The molecule has 7 nitrogen and oxygen atoms in total. The van der Waals surface area contributed by atoms with E-state index >= 15 is 0 Å². The Hall–Kier alpha value is -3.26. The van der Waals surface area contributed by atoms with Crippen molar-refractivity contribution in [3.8, 4) is 0 Å². The molecule has 41 heavy (non-hydrogen) atoms. The van der Waals surface area contributed by atoms with Crippen LogP contribution in [0.15, 0.2) is 66.9 Å². The van der Waals surface area contributed by atoms with Crippen LogP contribution in [0.1, 0.15) is 65.8 Å². The number of piperidine rings is 2. The van der Waals surface area contributed by atoms with Gasteiger partial charge >= 0.3 is 0 Å². The molecule has 2 aromatic heterocycles. The molecule has 0 aliphatic carbocycles. The maximum absolute atomic E-state index is 12.8. The van der Waals surface area contributed by atoms with E-state index in [2.05, 4.69) is 22.9 Å². The zero-order valence-electron chi connectivity index (χ0n) is 23.7. The number of fused-ring (bicyclic) bond motifs is 1. The highest BCUT2D eigenvalue weighted by Crippen LogP contribution is 2.36. The molecule has 8 heteroatoms. The lowest BCUT2D eigenvalue weighted by Gasteiger charge is -2.39. The number of likely N-dealkylation sites (tertiary alicyclic amines) is 1. The predicted molar refractivity (Wildman–Crippen MR) is 163 cm³/mol. The molecule has 6 rings (SSSR count). The number of hydrogen-bond acceptors (Lipinski definition) is 6. The van der Waals surface area contributed by atoms with Gasteiger partial charge in [-0.3, -0.25) is 4.79 Å². The number of aliphatic hydroxyl groups is 1. The summed E-state index contributed by atoms with van der Waals surface area (Å²) in [6.45, 7) is 3.70. The SMILES string of the molecule is CN1CCCC(CCC(=O)c2ccc(Cc3nc4c(N5CCC(O)(c6ccc(Cl)cc6)CC5)cccn4n3)cc2)C1. The molecule has 1 N–H and O–H groups in total. The molecule has 214 valence electrons. The van der Waals surface area contributed by atoms with Crippen molar-refractivity contribution in [2.75, 3.05) is 38.1 Å². The molecule has 1 atom stereocenters. The zero-order valence-corrected chi connectivity index (χ0v) is 24.4. The molecule has 0 amide bonds. The number of anilines is 1. The number of halogens is 1. The van der Waals surface area contributed by atoms with Gasteiger partial charge in [-0.25, -0.2) is 9.50 Å². The molecular weight excluding hydrogens is 534 g/mol. The number of pyridine rings is 1. The van der Waals surface area contributed by atoms with Crippen LogP contribution < -0.4 is 4.90 Å². The van der Waals surface area contributed by atoms with E-state index in [1.54, 1.807) is 0 Å². The van der Waals surface area contributed by atoms with E-state index in [1.165, 1.54) is 19.4 Å². The third-order valence-corrected chi connectivity index (χ3v) is 9.09. The molecule has 0 saturated carbocycles. The largest absolute Gasteiger partial charge is 0.385 e. The van der Waals surface area contributed by atoms with Crippen LogP contribution in [0, 0.1) is 5.92 Å². The Kier molecular flexibility index (Phi) is 8.11. The monoisotopic (exact) mass is 571 g/mol. The minimum absolute atomic E-state index is 0.227. The van der Waals surface area contributed by atoms with Crippen molar-refractivity contribution < 1.29 is 9.90 Å². The molecule has 0 spiro atoms. The van der Waals surface area contributed by atoms with Gasteiger partial charge in [-0.05, 0) is 87.0 Å². The van der Waals surface area contributed by atoms with E-state index in [4.69, 9.17) is 21.7 Å². The number of ketones is 1. The van der Waals surface area contributed by atoms with Gasteiger partial charge in [-0.15, -0.1) is 0 Å². The fourth-order valence-electron chi connectivity index (χ4n) is 6.40. The first-order valence-corrected chi connectivity index (χ1v) is 15.1. The van der Waals surface area contributed by atoms with Gasteiger partial charge in [0.1, 0.15) is 0 Å². The van der Waals surface area contributed by atoms with Crippen LogP contribution in [-0.4, -0.2) is 63.6 Å². The number of carbonyl (C=O) groups is 1. The number of nitrogens with zero attached hydrogens (tertiary/aromatic N) is 5. The quantitative estimate of drug-likeness (QED) is 0.271. The van der Waals surface area contributed by atoms with Gasteiger partial charge in [0.2, 0.25) is 0 Å². The van der Waals surface area contributed by atoms with E-state index in [0.29, 0.717) is 49.7 Å². The second-order valence-corrected chi connectivity index (χ2v) is 12.3. The first-order chi connectivity index (χ1) is 19.9. The Labute approximate surface area is 246 Å². The summed E-state index contributed by atoms with van der Waals surface area (Å²) in [5.41, 5.74) is 3.76. The van der Waals surface area contributed by atoms with E-state index in [0.717, 1.165) is 46.8 Å². The standard InChI is InChI=1S/C33H38ClN5O2/c1-37-18-2-4-25(23-37)8-15-30(40)26-9-6-24(7-10-26)22-31-35-32-29(5-3-19-39(32)36-31)38-20-16-33(41,17-21-38)27-11-13-28(34)14-12-27/h3,5-7,9-14,19,25,41H,2,4,8,15-18,20-23H2,1H3. The van der Waals surface area contributed by atoms with Gasteiger partial charge in [0.05, 0.1) is 11.3 Å². The first-order valence-electron chi connectivity index (χ1n) is 14.7. The molecule has 4 aromatic rings. The Morgan fingerprint density at radius 3 is 2.54 bits per heavy atom. The molecular formula is C33H38ClN5O2. The van der Waals surface area contributed by atoms with Crippen molar-refractivity contribution in [2.45, 2.75) is 50.5 Å². The fraction of sp³-hybridized carbons (Fsp3) is 0.424. The predicted octanol–water partition coefficient (Wildman–Crippen LogP) is 5.77. The van der Waals surface area contributed by atoms with Crippen molar-refractivity contribution in [3.63, 3.8) is 0 Å². The van der Waals surface area contributed by atoms with Crippen molar-refractivity contribution in [1.82, 2.24) is 19.5 Å². The normalized spacial score (nSPS) is 19.5. The van der Waals surface area contributed by atoms with Crippen molar-refractivity contribution in [3.05, 3.63) is 94.4 Å². The van der Waals surface area contributed by atoms with Crippen LogP contribution in [-0.2, 0) is 12.0 Å². The lowest BCUT2D eigenvalue weighted by atomic mass is 9.84. The second kappa shape index (κ2) is 11.9. The summed E-state index contributed by atoms with van der Waals surface area (Å²) >= 11 is 6.05. The second-order valence-electron chi connectivity index (χ2n) is 11.8. The van der Waals surface area contributed by atoms with Gasteiger partial charge in [-0.2, -0.15) is 5.10 Å². The average Bonchev–Trinajstić information content (AvgIpc) is 3.40. The van der Waals surface area contributed by atoms with E-state index in [1.807, 2.05) is 65.3 Å². The number of rotatable bonds is 8. The summed E-state index contributed by atoms with van der Waals surface area (Å²) in [5, 5.41) is 16.7. The lowest BCUT2D eigenvalue weighted by Crippen LogP contribution is -2.42. The van der Waals surface area contributed by atoms with E-state index in [-0.39, 0.29) is 5.78 Å². The highest BCUT2D eigenvalue weighted by atomic mass is 35.5. The molecule has 2 saturated heterocycles. The number of benzene rings is 2. The van der Waals surface area contributed by atoms with Crippen molar-refractivity contribution >= 4 is 28.7 Å². The summed E-state index contributed by atoms with van der Waals surface area (Å²) < 4.78 is 1.84. The van der Waals surface area contributed by atoms with Gasteiger partial charge in [0.15, 0.2) is 17.3 Å². The summed E-state index contributed by atoms with van der Waals surface area (Å²) in [4.78, 5) is 22.4. The molecule has 0 bridgehead atoms. The minimum Gasteiger partial charge on any atom is -0.385 e. The summed E-state index contributed by atoms with van der Waals surface area (Å²) in [5.74, 6) is 1.60. The van der Waals surface area contributed by atoms with Crippen molar-refractivity contribution in [2.24, 2.45) is 5.92 Å². The molecule has 2 aliphatic rings. The topological polar surface area (TPSA) is 74.0 Å². The fourth-order valence-corrected chi connectivity index (χ4v) is 6.53. The Morgan fingerprint density at radius 2 is 1.80 bits per heavy atom. The van der Waals surface area contributed by atoms with Crippen molar-refractivity contribution in [1.29, 1.82) is 0 Å². The number of carbonyl (C=O) groups excluding carboxylic acids is 1. The highest BCUT2D eigenvalue weighted by Gasteiger charge is 2.34. The van der Waals surface area contributed by atoms with Gasteiger partial charge in [0.25, 0.3) is 0 Å². The molecule has 0 radical (unpaired) electrons. The average molecular weight is 572 g/mol. The lowest BCUT2D eigenvalue weighted by molar-refractivity contribution is 0.0118. The third kappa shape index (κ3) is 6.32. The molecule has 2 aliphatic heterocycles. The van der Waals surface area contributed by atoms with Gasteiger partial charge in [0, 0.05) is 49.3 Å². The molecule has 2 aromatic carbocycles. The van der Waals surface area contributed by atoms with E-state index in [9.17, 15) is 9.90 Å². The molecule has 4 heterocycles. The highest BCUT2D eigenvalue weighted by molar-refractivity contribution is 6.30. The molecule has 1 unspecified atom stereocenters. The summed E-state index contributed by atoms with van der Waals surface area (Å²) in [6.07, 6.45) is 7.81.